The molecule has 0 aromatic heterocycles. The van der Waals surface area contributed by atoms with Crippen molar-refractivity contribution in [2.45, 2.75) is 0 Å². The maximum atomic E-state index is 12.4. The number of benzene rings is 2. The molecule has 2 aromatic rings. The van der Waals surface area contributed by atoms with E-state index in [0.717, 1.165) is 0 Å². The summed E-state index contributed by atoms with van der Waals surface area (Å²) in [5.41, 5.74) is -0.385. The maximum Gasteiger partial charge on any atom is 0.351 e. The first-order valence-electron chi connectivity index (χ1n) is 6.62. The summed E-state index contributed by atoms with van der Waals surface area (Å²) in [7, 11) is 2.60. The lowest BCUT2D eigenvalue weighted by molar-refractivity contribution is 0.0394. The molecule has 0 aliphatic rings. The standard InChI is InChI=1S/C16H10Cl4O5/c1-23-13-9(19)5-3-7(17)11(13)15(21)25-16(22)12-8(18)4-6-10(20)14(12)24-2/h3-6H,1-2H3. The number of carbonyl (C=O) groups is 2. The molecular weight excluding hydrogens is 414 g/mol. The second kappa shape index (κ2) is 8.15. The van der Waals surface area contributed by atoms with E-state index in [1.807, 2.05) is 0 Å². The molecule has 0 saturated carbocycles. The van der Waals surface area contributed by atoms with Gasteiger partial charge in [0.2, 0.25) is 0 Å². The summed E-state index contributed by atoms with van der Waals surface area (Å²) < 4.78 is 15.0. The Bertz CT molecular complexity index is 781. The van der Waals surface area contributed by atoms with Gasteiger partial charge >= 0.3 is 11.9 Å². The van der Waals surface area contributed by atoms with Gasteiger partial charge in [-0.25, -0.2) is 9.59 Å². The van der Waals surface area contributed by atoms with Crippen LogP contribution in [0, 0.1) is 0 Å². The zero-order valence-electron chi connectivity index (χ0n) is 12.9. The van der Waals surface area contributed by atoms with Gasteiger partial charge in [-0.2, -0.15) is 0 Å². The topological polar surface area (TPSA) is 61.8 Å². The van der Waals surface area contributed by atoms with E-state index in [0.29, 0.717) is 0 Å². The van der Waals surface area contributed by atoms with Gasteiger partial charge in [-0.3, -0.25) is 0 Å². The number of ether oxygens (including phenoxy) is 3. The summed E-state index contributed by atoms with van der Waals surface area (Å²) >= 11 is 23.9. The summed E-state index contributed by atoms with van der Waals surface area (Å²) in [6.07, 6.45) is 0. The molecule has 0 fully saturated rings. The molecule has 0 spiro atoms. The molecule has 0 aliphatic heterocycles. The Hall–Kier alpha value is -1.66. The average molecular weight is 424 g/mol. The molecular formula is C16H10Cl4O5. The first kappa shape index (κ1) is 19.7. The number of hydrogen-bond acceptors (Lipinski definition) is 5. The van der Waals surface area contributed by atoms with Crippen LogP contribution < -0.4 is 9.47 Å². The number of methoxy groups -OCH3 is 2. The molecule has 0 aliphatic carbocycles. The monoisotopic (exact) mass is 422 g/mol. The van der Waals surface area contributed by atoms with E-state index in [4.69, 9.17) is 60.6 Å². The van der Waals surface area contributed by atoms with Crippen molar-refractivity contribution in [2.24, 2.45) is 0 Å². The Balaban J connectivity index is 2.42. The lowest BCUT2D eigenvalue weighted by Gasteiger charge is -2.13. The van der Waals surface area contributed by atoms with E-state index < -0.39 is 11.9 Å². The van der Waals surface area contributed by atoms with Crippen LogP contribution >= 0.6 is 46.4 Å². The summed E-state index contributed by atoms with van der Waals surface area (Å²) in [6.45, 7) is 0. The fourth-order valence-corrected chi connectivity index (χ4v) is 2.95. The molecule has 0 bridgehead atoms. The van der Waals surface area contributed by atoms with Crippen LogP contribution in [-0.4, -0.2) is 26.2 Å². The fraction of sp³-hybridized carbons (Fsp3) is 0.125. The van der Waals surface area contributed by atoms with Crippen molar-refractivity contribution in [2.75, 3.05) is 14.2 Å². The Labute approximate surface area is 163 Å². The van der Waals surface area contributed by atoms with Crippen LogP contribution in [-0.2, 0) is 4.74 Å². The van der Waals surface area contributed by atoms with Crippen molar-refractivity contribution in [1.29, 1.82) is 0 Å². The Morgan fingerprint density at radius 1 is 0.680 bits per heavy atom. The lowest BCUT2D eigenvalue weighted by atomic mass is 10.2. The molecule has 0 N–H and O–H groups in total. The molecule has 2 aromatic carbocycles. The molecule has 0 unspecified atom stereocenters. The number of rotatable bonds is 4. The predicted octanol–water partition coefficient (Wildman–Crippen LogP) is 5.31. The molecule has 25 heavy (non-hydrogen) atoms. The second-order valence-corrected chi connectivity index (χ2v) is 6.18. The summed E-state index contributed by atoms with van der Waals surface area (Å²) in [5, 5.41) is 0.265. The fourth-order valence-electron chi connectivity index (χ4n) is 2.03. The van der Waals surface area contributed by atoms with Gasteiger partial charge in [-0.1, -0.05) is 46.4 Å². The number of carbonyl (C=O) groups excluding carboxylic acids is 2. The third-order valence-corrected chi connectivity index (χ3v) is 4.34. The molecule has 0 amide bonds. The van der Waals surface area contributed by atoms with Gasteiger partial charge in [-0.05, 0) is 24.3 Å². The van der Waals surface area contributed by atoms with Crippen molar-refractivity contribution in [3.8, 4) is 11.5 Å². The number of esters is 2. The zero-order chi connectivity index (χ0) is 18.7. The van der Waals surface area contributed by atoms with Crippen LogP contribution in [0.15, 0.2) is 24.3 Å². The highest BCUT2D eigenvalue weighted by molar-refractivity contribution is 6.38. The van der Waals surface area contributed by atoms with Crippen LogP contribution in [0.3, 0.4) is 0 Å². The highest BCUT2D eigenvalue weighted by atomic mass is 35.5. The summed E-state index contributed by atoms with van der Waals surface area (Å²) in [4.78, 5) is 24.8. The van der Waals surface area contributed by atoms with E-state index in [9.17, 15) is 9.59 Å². The van der Waals surface area contributed by atoms with Crippen LogP contribution in [0.25, 0.3) is 0 Å². The Morgan fingerprint density at radius 3 is 1.32 bits per heavy atom. The van der Waals surface area contributed by atoms with Crippen molar-refractivity contribution in [1.82, 2.24) is 0 Å². The molecule has 9 heteroatoms. The number of halogens is 4. The van der Waals surface area contributed by atoms with Crippen molar-refractivity contribution in [3.05, 3.63) is 55.5 Å². The summed E-state index contributed by atoms with van der Waals surface area (Å²) in [5.74, 6) is -2.16. The largest absolute Gasteiger partial charge is 0.494 e. The van der Waals surface area contributed by atoms with Crippen molar-refractivity contribution in [3.63, 3.8) is 0 Å². The van der Waals surface area contributed by atoms with Gasteiger partial charge in [0.15, 0.2) is 11.5 Å². The van der Waals surface area contributed by atoms with Crippen LogP contribution in [0.2, 0.25) is 20.1 Å². The van der Waals surface area contributed by atoms with Crippen LogP contribution in [0.5, 0.6) is 11.5 Å². The predicted molar refractivity (Wildman–Crippen MR) is 95.8 cm³/mol. The summed E-state index contributed by atoms with van der Waals surface area (Å²) in [6, 6.07) is 5.64. The second-order valence-electron chi connectivity index (χ2n) is 4.55. The molecule has 5 nitrogen and oxygen atoms in total. The molecule has 0 heterocycles. The average Bonchev–Trinajstić information content (AvgIpc) is 2.57. The van der Waals surface area contributed by atoms with E-state index >= 15 is 0 Å². The van der Waals surface area contributed by atoms with E-state index in [-0.39, 0.29) is 42.7 Å². The Morgan fingerprint density at radius 2 is 1.00 bits per heavy atom. The first-order chi connectivity index (χ1) is 11.8. The van der Waals surface area contributed by atoms with Gasteiger partial charge < -0.3 is 14.2 Å². The lowest BCUT2D eigenvalue weighted by Crippen LogP contribution is -2.16. The highest BCUT2D eigenvalue weighted by Crippen LogP contribution is 2.36. The minimum absolute atomic E-state index is 0.00297. The van der Waals surface area contributed by atoms with Crippen LogP contribution in [0.1, 0.15) is 20.7 Å². The molecule has 132 valence electrons. The normalized spacial score (nSPS) is 10.3. The molecule has 2 rings (SSSR count). The smallest absolute Gasteiger partial charge is 0.351 e. The minimum Gasteiger partial charge on any atom is -0.494 e. The third-order valence-electron chi connectivity index (χ3n) is 3.12. The van der Waals surface area contributed by atoms with E-state index in [1.165, 1.54) is 38.5 Å². The van der Waals surface area contributed by atoms with E-state index in [1.54, 1.807) is 0 Å². The Kier molecular flexibility index (Phi) is 6.41. The molecule has 0 atom stereocenters. The quantitative estimate of drug-likeness (QED) is 0.492. The maximum absolute atomic E-state index is 12.4. The van der Waals surface area contributed by atoms with Crippen LogP contribution in [0.4, 0.5) is 0 Å². The van der Waals surface area contributed by atoms with Gasteiger partial charge in [0.05, 0.1) is 34.3 Å². The molecule has 0 radical (unpaired) electrons. The molecule has 0 saturated heterocycles. The minimum atomic E-state index is -1.06. The third kappa shape index (κ3) is 3.96. The highest BCUT2D eigenvalue weighted by Gasteiger charge is 2.27. The first-order valence-corrected chi connectivity index (χ1v) is 8.13. The van der Waals surface area contributed by atoms with Gasteiger partial charge in [-0.15, -0.1) is 0 Å². The SMILES string of the molecule is COc1c(Cl)ccc(Cl)c1C(=O)OC(=O)c1c(Cl)ccc(Cl)c1OC. The van der Waals surface area contributed by atoms with Gasteiger partial charge in [0, 0.05) is 0 Å². The van der Waals surface area contributed by atoms with Crippen molar-refractivity contribution >= 4 is 58.3 Å². The van der Waals surface area contributed by atoms with Crippen molar-refractivity contribution < 1.29 is 23.8 Å². The van der Waals surface area contributed by atoms with Gasteiger partial charge in [0.25, 0.3) is 0 Å². The van der Waals surface area contributed by atoms with E-state index in [2.05, 4.69) is 0 Å². The number of hydrogen-bond donors (Lipinski definition) is 0. The van der Waals surface area contributed by atoms with Gasteiger partial charge in [0.1, 0.15) is 11.1 Å². The zero-order valence-corrected chi connectivity index (χ0v) is 15.9.